The molecule has 0 bridgehead atoms. The van der Waals surface area contributed by atoms with Gasteiger partial charge in [-0.05, 0) is 22.3 Å². The third-order valence-electron chi connectivity index (χ3n) is 6.73. The summed E-state index contributed by atoms with van der Waals surface area (Å²) in [4.78, 5) is 13.4. The zero-order valence-corrected chi connectivity index (χ0v) is 22.3. The predicted molar refractivity (Wildman–Crippen MR) is 151 cm³/mol. The molecular weight excluding hydrogens is 504 g/mol. The molecule has 1 aliphatic heterocycles. The van der Waals surface area contributed by atoms with E-state index in [2.05, 4.69) is 0 Å². The van der Waals surface area contributed by atoms with Crippen molar-refractivity contribution in [3.8, 4) is 0 Å². The number of hydrogen-bond acceptors (Lipinski definition) is 6. The van der Waals surface area contributed by atoms with E-state index in [1.807, 2.05) is 121 Å². The van der Waals surface area contributed by atoms with Crippen molar-refractivity contribution < 1.29 is 28.5 Å². The molecule has 6 heteroatoms. The van der Waals surface area contributed by atoms with E-state index in [1.54, 1.807) is 0 Å². The summed E-state index contributed by atoms with van der Waals surface area (Å²) in [5.74, 6) is -0.484. The molecule has 0 aromatic heterocycles. The monoisotopic (exact) mass is 538 g/mol. The van der Waals surface area contributed by atoms with E-state index in [0.29, 0.717) is 19.8 Å². The molecule has 40 heavy (non-hydrogen) atoms. The standard InChI is InChI=1S/C34H34O6/c35-34-33(39-24-29-19-11-4-12-20-29)32(38-23-28-17-9-3-10-18-28)31(37-22-27-15-7-2-8-16-27)30(40-34)25-36-21-26-13-5-1-6-14-26/h1-20,30-33H,21-25H2/t30-,31+,32+,33-/m0/s1. The lowest BCUT2D eigenvalue weighted by Crippen LogP contribution is -2.59. The summed E-state index contributed by atoms with van der Waals surface area (Å²) in [5, 5.41) is 0. The molecule has 0 spiro atoms. The van der Waals surface area contributed by atoms with Crippen LogP contribution in [0.3, 0.4) is 0 Å². The van der Waals surface area contributed by atoms with Crippen molar-refractivity contribution >= 4 is 5.97 Å². The molecule has 1 saturated heterocycles. The van der Waals surface area contributed by atoms with Gasteiger partial charge in [0, 0.05) is 0 Å². The Bertz CT molecular complexity index is 1280. The van der Waals surface area contributed by atoms with E-state index in [0.717, 1.165) is 22.3 Å². The van der Waals surface area contributed by atoms with Gasteiger partial charge in [-0.1, -0.05) is 121 Å². The smallest absolute Gasteiger partial charge is 0.338 e. The lowest BCUT2D eigenvalue weighted by atomic mass is 9.98. The molecule has 4 aromatic rings. The van der Waals surface area contributed by atoms with Crippen LogP contribution in [0.2, 0.25) is 0 Å². The van der Waals surface area contributed by atoms with Crippen LogP contribution >= 0.6 is 0 Å². The highest BCUT2D eigenvalue weighted by Gasteiger charge is 2.48. The summed E-state index contributed by atoms with van der Waals surface area (Å²) in [7, 11) is 0. The fourth-order valence-corrected chi connectivity index (χ4v) is 4.64. The number of carbonyl (C=O) groups is 1. The molecule has 4 aromatic carbocycles. The fourth-order valence-electron chi connectivity index (χ4n) is 4.64. The Morgan fingerprint density at radius 1 is 0.500 bits per heavy atom. The van der Waals surface area contributed by atoms with Gasteiger partial charge in [-0.3, -0.25) is 0 Å². The van der Waals surface area contributed by atoms with E-state index in [1.165, 1.54) is 0 Å². The van der Waals surface area contributed by atoms with Gasteiger partial charge in [-0.2, -0.15) is 0 Å². The highest BCUT2D eigenvalue weighted by atomic mass is 16.6. The Balaban J connectivity index is 1.36. The van der Waals surface area contributed by atoms with Gasteiger partial charge in [-0.25, -0.2) is 4.79 Å². The summed E-state index contributed by atoms with van der Waals surface area (Å²) < 4.78 is 31.0. The molecular formula is C34H34O6. The van der Waals surface area contributed by atoms with Crippen molar-refractivity contribution in [1.29, 1.82) is 0 Å². The van der Waals surface area contributed by atoms with Gasteiger partial charge in [0.1, 0.15) is 12.2 Å². The second-order valence-electron chi connectivity index (χ2n) is 9.72. The van der Waals surface area contributed by atoms with Gasteiger partial charge in [-0.15, -0.1) is 0 Å². The van der Waals surface area contributed by atoms with Crippen LogP contribution in [0.15, 0.2) is 121 Å². The lowest BCUT2D eigenvalue weighted by Gasteiger charge is -2.41. The number of benzene rings is 4. The first-order valence-corrected chi connectivity index (χ1v) is 13.5. The predicted octanol–water partition coefficient (Wildman–Crippen LogP) is 5.88. The van der Waals surface area contributed by atoms with Gasteiger partial charge in [0.2, 0.25) is 0 Å². The van der Waals surface area contributed by atoms with Gasteiger partial charge >= 0.3 is 5.97 Å². The maximum atomic E-state index is 13.4. The number of cyclic esters (lactones) is 1. The fraction of sp³-hybridized carbons (Fsp3) is 0.265. The zero-order valence-electron chi connectivity index (χ0n) is 22.3. The quantitative estimate of drug-likeness (QED) is 0.198. The molecule has 5 rings (SSSR count). The third kappa shape index (κ3) is 7.87. The Hall–Kier alpha value is -3.81. The normalized spacial score (nSPS) is 20.6. The van der Waals surface area contributed by atoms with E-state index in [-0.39, 0.29) is 13.2 Å². The minimum absolute atomic E-state index is 0.163. The van der Waals surface area contributed by atoms with Crippen LogP contribution in [-0.4, -0.2) is 37.0 Å². The second kappa shape index (κ2) is 14.5. The van der Waals surface area contributed by atoms with Crippen LogP contribution in [0, 0.1) is 0 Å². The minimum Gasteiger partial charge on any atom is -0.455 e. The van der Waals surface area contributed by atoms with Crippen molar-refractivity contribution in [3.63, 3.8) is 0 Å². The topological polar surface area (TPSA) is 63.2 Å². The zero-order chi connectivity index (χ0) is 27.4. The first-order valence-electron chi connectivity index (χ1n) is 13.5. The van der Waals surface area contributed by atoms with Crippen LogP contribution in [0.25, 0.3) is 0 Å². The van der Waals surface area contributed by atoms with Gasteiger partial charge in [0.25, 0.3) is 0 Å². The number of hydrogen-bond donors (Lipinski definition) is 0. The molecule has 4 atom stereocenters. The van der Waals surface area contributed by atoms with Crippen LogP contribution in [0.5, 0.6) is 0 Å². The molecule has 0 aliphatic carbocycles. The molecule has 0 amide bonds. The average molecular weight is 539 g/mol. The molecule has 0 radical (unpaired) electrons. The van der Waals surface area contributed by atoms with Gasteiger partial charge in [0.15, 0.2) is 12.2 Å². The summed E-state index contributed by atoms with van der Waals surface area (Å²) >= 11 is 0. The minimum atomic E-state index is -0.963. The molecule has 6 nitrogen and oxygen atoms in total. The number of esters is 1. The highest BCUT2D eigenvalue weighted by molar-refractivity contribution is 5.77. The summed E-state index contributed by atoms with van der Waals surface area (Å²) in [6, 6.07) is 39.4. The molecule has 1 fully saturated rings. The number of rotatable bonds is 13. The van der Waals surface area contributed by atoms with Crippen LogP contribution in [-0.2, 0) is 54.9 Å². The Labute approximate surface area is 235 Å². The highest BCUT2D eigenvalue weighted by Crippen LogP contribution is 2.28. The maximum Gasteiger partial charge on any atom is 0.338 e. The molecule has 0 saturated carbocycles. The SMILES string of the molecule is O=C1O[C@@H](COCc2ccccc2)[C@@H](OCc2ccccc2)[C@@H](OCc2ccccc2)[C@@H]1OCc1ccccc1. The van der Waals surface area contributed by atoms with E-state index in [4.69, 9.17) is 23.7 Å². The van der Waals surface area contributed by atoms with E-state index in [9.17, 15) is 4.79 Å². The average Bonchev–Trinajstić information content (AvgIpc) is 3.01. The first-order chi connectivity index (χ1) is 19.8. The Morgan fingerprint density at radius 2 is 0.900 bits per heavy atom. The van der Waals surface area contributed by atoms with Crippen LogP contribution < -0.4 is 0 Å². The number of ether oxygens (including phenoxy) is 5. The third-order valence-corrected chi connectivity index (χ3v) is 6.73. The Kier molecular flexibility index (Phi) is 10.1. The number of carbonyl (C=O) groups excluding carboxylic acids is 1. The van der Waals surface area contributed by atoms with Crippen molar-refractivity contribution in [2.45, 2.75) is 50.8 Å². The summed E-state index contributed by atoms with van der Waals surface area (Å²) in [5.41, 5.74) is 3.98. The Morgan fingerprint density at radius 3 is 1.38 bits per heavy atom. The summed E-state index contributed by atoms with van der Waals surface area (Å²) in [6.45, 7) is 1.43. The second-order valence-corrected chi connectivity index (χ2v) is 9.72. The largest absolute Gasteiger partial charge is 0.455 e. The summed E-state index contributed by atoms with van der Waals surface area (Å²) in [6.07, 6.45) is -2.95. The molecule has 0 unspecified atom stereocenters. The molecule has 1 heterocycles. The van der Waals surface area contributed by atoms with E-state index < -0.39 is 30.4 Å². The molecule has 206 valence electrons. The van der Waals surface area contributed by atoms with E-state index >= 15 is 0 Å². The lowest BCUT2D eigenvalue weighted by molar-refractivity contribution is -0.239. The van der Waals surface area contributed by atoms with Gasteiger partial charge in [0.05, 0.1) is 33.0 Å². The van der Waals surface area contributed by atoms with Crippen LogP contribution in [0.4, 0.5) is 0 Å². The van der Waals surface area contributed by atoms with Crippen LogP contribution in [0.1, 0.15) is 22.3 Å². The van der Waals surface area contributed by atoms with Crippen molar-refractivity contribution in [2.75, 3.05) is 6.61 Å². The van der Waals surface area contributed by atoms with Crippen molar-refractivity contribution in [1.82, 2.24) is 0 Å². The van der Waals surface area contributed by atoms with Crippen molar-refractivity contribution in [2.24, 2.45) is 0 Å². The van der Waals surface area contributed by atoms with Crippen molar-refractivity contribution in [3.05, 3.63) is 144 Å². The molecule has 0 N–H and O–H groups in total. The molecule has 1 aliphatic rings. The van der Waals surface area contributed by atoms with Gasteiger partial charge < -0.3 is 23.7 Å². The maximum absolute atomic E-state index is 13.4. The first kappa shape index (κ1) is 27.7.